The molecule has 0 saturated carbocycles. The average Bonchev–Trinajstić information content (AvgIpc) is 2.73. The van der Waals surface area contributed by atoms with Crippen molar-refractivity contribution in [2.24, 2.45) is 0 Å². The molecule has 0 aromatic heterocycles. The summed E-state index contributed by atoms with van der Waals surface area (Å²) < 4.78 is 5.79. The van der Waals surface area contributed by atoms with E-state index in [0.717, 1.165) is 29.8 Å². The molecule has 0 fully saturated rings. The molecule has 1 amide bonds. The lowest BCUT2D eigenvalue weighted by Crippen LogP contribution is -2.34. The maximum Gasteiger partial charge on any atom is 0.257 e. The zero-order chi connectivity index (χ0) is 20.5. The highest BCUT2D eigenvalue weighted by Crippen LogP contribution is 2.16. The molecule has 0 atom stereocenters. The first-order valence-electron chi connectivity index (χ1n) is 9.56. The van der Waals surface area contributed by atoms with Crippen molar-refractivity contribution in [3.63, 3.8) is 0 Å². The summed E-state index contributed by atoms with van der Waals surface area (Å²) in [6.07, 6.45) is 1.95. The molecule has 3 rings (SSSR count). The van der Waals surface area contributed by atoms with Crippen LogP contribution >= 0.6 is 12.2 Å². The Morgan fingerprint density at radius 3 is 2.34 bits per heavy atom. The van der Waals surface area contributed by atoms with Crippen LogP contribution in [0.3, 0.4) is 0 Å². The van der Waals surface area contributed by atoms with E-state index in [4.69, 9.17) is 17.0 Å². The molecule has 0 aliphatic rings. The van der Waals surface area contributed by atoms with Gasteiger partial charge in [0.25, 0.3) is 5.91 Å². The molecule has 29 heavy (non-hydrogen) atoms. The summed E-state index contributed by atoms with van der Waals surface area (Å²) in [6.45, 7) is 2.55. The van der Waals surface area contributed by atoms with Crippen LogP contribution in [0.4, 0.5) is 5.69 Å². The van der Waals surface area contributed by atoms with Gasteiger partial charge in [-0.3, -0.25) is 10.1 Å². The molecule has 0 bridgehead atoms. The number of rotatable bonds is 7. The lowest BCUT2D eigenvalue weighted by atomic mass is 10.1. The minimum Gasteiger partial charge on any atom is -0.494 e. The molecule has 5 heteroatoms. The van der Waals surface area contributed by atoms with Crippen molar-refractivity contribution in [2.45, 2.75) is 19.8 Å². The zero-order valence-corrected chi connectivity index (χ0v) is 17.2. The lowest BCUT2D eigenvalue weighted by molar-refractivity contribution is 0.0977. The number of carbonyl (C=O) groups is 1. The van der Waals surface area contributed by atoms with E-state index in [0.29, 0.717) is 12.2 Å². The van der Waals surface area contributed by atoms with Crippen LogP contribution in [0.15, 0.2) is 78.9 Å². The van der Waals surface area contributed by atoms with Crippen molar-refractivity contribution < 1.29 is 9.53 Å². The highest BCUT2D eigenvalue weighted by molar-refractivity contribution is 7.80. The Morgan fingerprint density at radius 1 is 0.931 bits per heavy atom. The Bertz CT molecular complexity index is 956. The number of ether oxygens (including phenoxy) is 1. The Labute approximate surface area is 176 Å². The molecule has 3 aromatic carbocycles. The van der Waals surface area contributed by atoms with Crippen LogP contribution in [-0.2, 0) is 6.42 Å². The lowest BCUT2D eigenvalue weighted by Gasteiger charge is -2.12. The summed E-state index contributed by atoms with van der Waals surface area (Å²) >= 11 is 5.25. The van der Waals surface area contributed by atoms with E-state index < -0.39 is 0 Å². The van der Waals surface area contributed by atoms with Crippen LogP contribution in [-0.4, -0.2) is 17.6 Å². The van der Waals surface area contributed by atoms with Gasteiger partial charge in [-0.05, 0) is 73.4 Å². The molecule has 0 aliphatic heterocycles. The Kier molecular flexibility index (Phi) is 7.36. The molecule has 4 nitrogen and oxygen atoms in total. The Morgan fingerprint density at radius 2 is 1.62 bits per heavy atom. The van der Waals surface area contributed by atoms with E-state index >= 15 is 0 Å². The van der Waals surface area contributed by atoms with Crippen LogP contribution in [0.25, 0.3) is 0 Å². The predicted octanol–water partition coefficient (Wildman–Crippen LogP) is 5.13. The maximum atomic E-state index is 12.3. The first-order chi connectivity index (χ1) is 14.1. The number of aryl methyl sites for hydroxylation is 2. The maximum absolute atomic E-state index is 12.3. The molecular formula is C24H24N2O2S. The number of carbonyl (C=O) groups excluding carboxylic acids is 1. The van der Waals surface area contributed by atoms with Gasteiger partial charge in [0.15, 0.2) is 5.11 Å². The number of anilines is 1. The smallest absolute Gasteiger partial charge is 0.257 e. The van der Waals surface area contributed by atoms with Crippen molar-refractivity contribution >= 4 is 28.9 Å². The molecular weight excluding hydrogens is 380 g/mol. The third kappa shape index (κ3) is 6.43. The van der Waals surface area contributed by atoms with Gasteiger partial charge >= 0.3 is 0 Å². The fraction of sp³-hybridized carbons (Fsp3) is 0.167. The number of benzene rings is 3. The summed E-state index contributed by atoms with van der Waals surface area (Å²) in [6, 6.07) is 25.3. The summed E-state index contributed by atoms with van der Waals surface area (Å²) in [5.41, 5.74) is 3.62. The van der Waals surface area contributed by atoms with Crippen molar-refractivity contribution in [3.8, 4) is 5.75 Å². The van der Waals surface area contributed by atoms with E-state index in [1.165, 1.54) is 5.56 Å². The van der Waals surface area contributed by atoms with Gasteiger partial charge in [0.2, 0.25) is 0 Å². The van der Waals surface area contributed by atoms with Crippen LogP contribution in [0, 0.1) is 6.92 Å². The van der Waals surface area contributed by atoms with Gasteiger partial charge in [-0.1, -0.05) is 48.5 Å². The second-order valence-corrected chi connectivity index (χ2v) is 7.09. The molecule has 0 heterocycles. The van der Waals surface area contributed by atoms with E-state index in [1.54, 1.807) is 6.07 Å². The fourth-order valence-corrected chi connectivity index (χ4v) is 3.12. The van der Waals surface area contributed by atoms with Crippen molar-refractivity contribution in [3.05, 3.63) is 95.6 Å². The molecule has 0 radical (unpaired) electrons. The largest absolute Gasteiger partial charge is 0.494 e. The fourth-order valence-electron chi connectivity index (χ4n) is 2.91. The summed E-state index contributed by atoms with van der Waals surface area (Å²) in [5.74, 6) is 0.581. The quantitative estimate of drug-likeness (QED) is 0.423. The third-order valence-electron chi connectivity index (χ3n) is 4.45. The second kappa shape index (κ2) is 10.4. The predicted molar refractivity (Wildman–Crippen MR) is 122 cm³/mol. The standard InChI is InChI=1S/C24H24N2O2S/c1-18-8-5-6-12-22(18)23(27)26-24(29)25-20-13-15-21(16-14-20)28-17-7-11-19-9-3-2-4-10-19/h2-6,8-10,12-16H,7,11,17H2,1H3,(H2,25,26,27,29). The molecule has 0 unspecified atom stereocenters. The Balaban J connectivity index is 1.43. The topological polar surface area (TPSA) is 50.4 Å². The SMILES string of the molecule is Cc1ccccc1C(=O)NC(=S)Nc1ccc(OCCCc2ccccc2)cc1. The van der Waals surface area contributed by atoms with Crippen molar-refractivity contribution in [1.29, 1.82) is 0 Å². The minimum absolute atomic E-state index is 0.223. The first kappa shape index (κ1) is 20.6. The molecule has 0 aliphatic carbocycles. The van der Waals surface area contributed by atoms with Crippen molar-refractivity contribution in [1.82, 2.24) is 5.32 Å². The van der Waals surface area contributed by atoms with Gasteiger partial charge in [-0.25, -0.2) is 0 Å². The van der Waals surface area contributed by atoms with E-state index in [-0.39, 0.29) is 11.0 Å². The van der Waals surface area contributed by atoms with Gasteiger partial charge < -0.3 is 10.1 Å². The molecule has 3 aromatic rings. The first-order valence-corrected chi connectivity index (χ1v) is 9.97. The van der Waals surface area contributed by atoms with Gasteiger partial charge in [-0.15, -0.1) is 0 Å². The number of amides is 1. The van der Waals surface area contributed by atoms with Crippen LogP contribution in [0.1, 0.15) is 27.9 Å². The normalized spacial score (nSPS) is 10.2. The van der Waals surface area contributed by atoms with E-state index in [9.17, 15) is 4.79 Å². The van der Waals surface area contributed by atoms with E-state index in [1.807, 2.05) is 55.5 Å². The summed E-state index contributed by atoms with van der Waals surface area (Å²) in [4.78, 5) is 12.3. The summed E-state index contributed by atoms with van der Waals surface area (Å²) in [7, 11) is 0. The monoisotopic (exact) mass is 404 g/mol. The van der Waals surface area contributed by atoms with Gasteiger partial charge in [-0.2, -0.15) is 0 Å². The Hall–Kier alpha value is -3.18. The highest BCUT2D eigenvalue weighted by atomic mass is 32.1. The van der Waals surface area contributed by atoms with Gasteiger partial charge in [0.05, 0.1) is 6.61 Å². The van der Waals surface area contributed by atoms with Crippen molar-refractivity contribution in [2.75, 3.05) is 11.9 Å². The number of hydrogen-bond acceptors (Lipinski definition) is 3. The molecule has 2 N–H and O–H groups in total. The second-order valence-electron chi connectivity index (χ2n) is 6.69. The zero-order valence-electron chi connectivity index (χ0n) is 16.4. The average molecular weight is 405 g/mol. The number of hydrogen-bond donors (Lipinski definition) is 2. The van der Waals surface area contributed by atoms with Crippen LogP contribution in [0.5, 0.6) is 5.75 Å². The van der Waals surface area contributed by atoms with Gasteiger partial charge in [0.1, 0.15) is 5.75 Å². The van der Waals surface area contributed by atoms with Crippen LogP contribution < -0.4 is 15.4 Å². The third-order valence-corrected chi connectivity index (χ3v) is 4.65. The van der Waals surface area contributed by atoms with Gasteiger partial charge in [0, 0.05) is 11.3 Å². The molecule has 0 saturated heterocycles. The molecule has 0 spiro atoms. The summed E-state index contributed by atoms with van der Waals surface area (Å²) in [5, 5.41) is 5.99. The van der Waals surface area contributed by atoms with Crippen LogP contribution in [0.2, 0.25) is 0 Å². The number of nitrogens with one attached hydrogen (secondary N) is 2. The van der Waals surface area contributed by atoms with E-state index in [2.05, 4.69) is 34.9 Å². The minimum atomic E-state index is -0.223. The molecule has 148 valence electrons. The number of thiocarbonyl (C=S) groups is 1. The highest BCUT2D eigenvalue weighted by Gasteiger charge is 2.10.